The molecule has 0 aliphatic rings. The highest BCUT2D eigenvalue weighted by Crippen LogP contribution is 2.23. The number of hydrogen-bond donors (Lipinski definition) is 1. The first-order valence-electron chi connectivity index (χ1n) is 11.4. The summed E-state index contributed by atoms with van der Waals surface area (Å²) < 4.78 is 26.2. The van der Waals surface area contributed by atoms with Crippen molar-refractivity contribution in [1.29, 1.82) is 0 Å². The lowest BCUT2D eigenvalue weighted by Crippen LogP contribution is -2.53. The van der Waals surface area contributed by atoms with E-state index in [1.165, 1.54) is 11.0 Å². The van der Waals surface area contributed by atoms with E-state index in [9.17, 15) is 18.0 Å². The fraction of sp³-hybridized carbons (Fsp3) is 0.440. The fourth-order valence-corrected chi connectivity index (χ4v) is 4.60. The van der Waals surface area contributed by atoms with E-state index >= 15 is 0 Å². The fourth-order valence-electron chi connectivity index (χ4n) is 3.58. The summed E-state index contributed by atoms with van der Waals surface area (Å²) in [6, 6.07) is 13.2. The molecule has 2 atom stereocenters. The van der Waals surface area contributed by atoms with Crippen molar-refractivity contribution in [1.82, 2.24) is 10.2 Å². The van der Waals surface area contributed by atoms with Crippen LogP contribution >= 0.6 is 11.6 Å². The Bertz CT molecular complexity index is 1110. The molecule has 0 aliphatic heterocycles. The summed E-state index contributed by atoms with van der Waals surface area (Å²) >= 11 is 6.07. The van der Waals surface area contributed by atoms with Gasteiger partial charge in [-0.05, 0) is 56.0 Å². The molecule has 0 aliphatic carbocycles. The molecule has 1 N–H and O–H groups in total. The van der Waals surface area contributed by atoms with Crippen LogP contribution in [0.25, 0.3) is 0 Å². The van der Waals surface area contributed by atoms with Gasteiger partial charge < -0.3 is 10.2 Å². The number of halogens is 1. The van der Waals surface area contributed by atoms with Gasteiger partial charge in [0.2, 0.25) is 21.8 Å². The first kappa shape index (κ1) is 27.7. The highest BCUT2D eigenvalue weighted by molar-refractivity contribution is 7.92. The molecular formula is C25H34ClN3O4S. The summed E-state index contributed by atoms with van der Waals surface area (Å²) in [6.07, 6.45) is 2.18. The molecule has 0 bridgehead atoms. The van der Waals surface area contributed by atoms with Gasteiger partial charge in [-0.1, -0.05) is 55.8 Å². The zero-order valence-electron chi connectivity index (χ0n) is 20.4. The van der Waals surface area contributed by atoms with Crippen LogP contribution in [0, 0.1) is 6.92 Å². The highest BCUT2D eigenvalue weighted by Gasteiger charge is 2.32. The number of anilines is 1. The second-order valence-electron chi connectivity index (χ2n) is 8.44. The van der Waals surface area contributed by atoms with Gasteiger partial charge in [-0.2, -0.15) is 0 Å². The van der Waals surface area contributed by atoms with Gasteiger partial charge in [0.15, 0.2) is 0 Å². The minimum Gasteiger partial charge on any atom is -0.352 e. The van der Waals surface area contributed by atoms with Crippen LogP contribution in [0.15, 0.2) is 48.5 Å². The quantitative estimate of drug-likeness (QED) is 0.495. The van der Waals surface area contributed by atoms with Crippen molar-refractivity contribution in [2.24, 2.45) is 0 Å². The molecule has 0 radical (unpaired) electrons. The summed E-state index contributed by atoms with van der Waals surface area (Å²) in [7, 11) is -3.79. The zero-order valence-corrected chi connectivity index (χ0v) is 22.0. The number of aryl methyl sites for hydroxylation is 1. The number of rotatable bonds is 11. The van der Waals surface area contributed by atoms with Crippen molar-refractivity contribution in [2.45, 2.75) is 59.2 Å². The van der Waals surface area contributed by atoms with E-state index in [4.69, 9.17) is 11.6 Å². The maximum atomic E-state index is 13.6. The van der Waals surface area contributed by atoms with Crippen LogP contribution < -0.4 is 9.62 Å². The van der Waals surface area contributed by atoms with Gasteiger partial charge in [0.05, 0.1) is 11.9 Å². The third-order valence-corrected chi connectivity index (χ3v) is 7.14. The first-order chi connectivity index (χ1) is 16.0. The Kier molecular flexibility index (Phi) is 9.94. The van der Waals surface area contributed by atoms with E-state index in [1.807, 2.05) is 52.0 Å². The summed E-state index contributed by atoms with van der Waals surface area (Å²) in [5, 5.41) is 3.31. The van der Waals surface area contributed by atoms with Crippen molar-refractivity contribution in [3.8, 4) is 0 Å². The first-order valence-corrected chi connectivity index (χ1v) is 13.6. The number of nitrogens with one attached hydrogen (secondary N) is 1. The van der Waals surface area contributed by atoms with E-state index in [2.05, 4.69) is 5.32 Å². The van der Waals surface area contributed by atoms with Crippen molar-refractivity contribution in [3.05, 3.63) is 64.7 Å². The van der Waals surface area contributed by atoms with E-state index < -0.39 is 28.5 Å². The normalized spacial score (nSPS) is 13.1. The number of sulfonamides is 1. The SMILES string of the molecule is CC[C@H](C)NC(=O)[C@H](CC)N(Cc1ccccc1C)C(=O)CN(c1cccc(Cl)c1)S(C)(=O)=O. The maximum absolute atomic E-state index is 13.6. The van der Waals surface area contributed by atoms with Crippen molar-refractivity contribution < 1.29 is 18.0 Å². The molecule has 2 aromatic rings. The van der Waals surface area contributed by atoms with Crippen molar-refractivity contribution >= 4 is 39.1 Å². The second kappa shape index (κ2) is 12.2. The summed E-state index contributed by atoms with van der Waals surface area (Å²) in [6.45, 7) is 7.39. The molecule has 2 aromatic carbocycles. The van der Waals surface area contributed by atoms with E-state index in [-0.39, 0.29) is 24.2 Å². The highest BCUT2D eigenvalue weighted by atomic mass is 35.5. The predicted molar refractivity (Wildman–Crippen MR) is 137 cm³/mol. The molecule has 7 nitrogen and oxygen atoms in total. The summed E-state index contributed by atoms with van der Waals surface area (Å²) in [5.41, 5.74) is 2.16. The summed E-state index contributed by atoms with van der Waals surface area (Å²) in [5.74, 6) is -0.729. The number of benzene rings is 2. The van der Waals surface area contributed by atoms with Gasteiger partial charge in [0.25, 0.3) is 0 Å². The van der Waals surface area contributed by atoms with Crippen molar-refractivity contribution in [3.63, 3.8) is 0 Å². The van der Waals surface area contributed by atoms with Gasteiger partial charge in [0.1, 0.15) is 12.6 Å². The Labute approximate surface area is 208 Å². The van der Waals surface area contributed by atoms with Crippen LogP contribution in [0.2, 0.25) is 5.02 Å². The van der Waals surface area contributed by atoms with E-state index in [0.717, 1.165) is 28.1 Å². The van der Waals surface area contributed by atoms with Crippen LogP contribution in [0.1, 0.15) is 44.7 Å². The maximum Gasteiger partial charge on any atom is 0.244 e. The Morgan fingerprint density at radius 3 is 2.29 bits per heavy atom. The molecule has 34 heavy (non-hydrogen) atoms. The number of hydrogen-bond acceptors (Lipinski definition) is 4. The second-order valence-corrected chi connectivity index (χ2v) is 10.8. The molecule has 2 amide bonds. The third-order valence-electron chi connectivity index (χ3n) is 5.76. The van der Waals surface area contributed by atoms with Crippen molar-refractivity contribution in [2.75, 3.05) is 17.1 Å². The lowest BCUT2D eigenvalue weighted by atomic mass is 10.1. The van der Waals surface area contributed by atoms with E-state index in [0.29, 0.717) is 11.4 Å². The van der Waals surface area contributed by atoms with Gasteiger partial charge in [-0.15, -0.1) is 0 Å². The van der Waals surface area contributed by atoms with Crippen LogP contribution in [-0.4, -0.2) is 50.0 Å². The molecule has 2 rings (SSSR count). The lowest BCUT2D eigenvalue weighted by Gasteiger charge is -2.33. The number of amides is 2. The number of carbonyl (C=O) groups is 2. The average molecular weight is 508 g/mol. The van der Waals surface area contributed by atoms with Crippen LogP contribution in [0.5, 0.6) is 0 Å². The number of carbonyl (C=O) groups excluding carboxylic acids is 2. The molecule has 0 spiro atoms. The van der Waals surface area contributed by atoms with Gasteiger partial charge in [0, 0.05) is 17.6 Å². The monoisotopic (exact) mass is 507 g/mol. The molecule has 0 heterocycles. The largest absolute Gasteiger partial charge is 0.352 e. The Morgan fingerprint density at radius 1 is 1.06 bits per heavy atom. The third kappa shape index (κ3) is 7.46. The molecule has 0 saturated carbocycles. The molecule has 186 valence electrons. The standard InChI is InChI=1S/C25H34ClN3O4S/c1-6-19(4)27-25(31)23(7-2)28(16-20-12-9-8-11-18(20)3)24(30)17-29(34(5,32)33)22-14-10-13-21(26)15-22/h8-15,19,23H,6-7,16-17H2,1-5H3,(H,27,31)/t19-,23-/m0/s1. The smallest absolute Gasteiger partial charge is 0.244 e. The summed E-state index contributed by atoms with van der Waals surface area (Å²) in [4.78, 5) is 28.2. The zero-order chi connectivity index (χ0) is 25.5. The predicted octanol–water partition coefficient (Wildman–Crippen LogP) is 4.14. The Morgan fingerprint density at radius 2 is 1.74 bits per heavy atom. The molecule has 0 unspecified atom stereocenters. The number of nitrogens with zero attached hydrogens (tertiary/aromatic N) is 2. The average Bonchev–Trinajstić information content (AvgIpc) is 2.77. The Hall–Kier alpha value is -2.58. The van der Waals surface area contributed by atoms with Crippen LogP contribution in [-0.2, 0) is 26.2 Å². The van der Waals surface area contributed by atoms with Crippen LogP contribution in [0.3, 0.4) is 0 Å². The van der Waals surface area contributed by atoms with Crippen LogP contribution in [0.4, 0.5) is 5.69 Å². The van der Waals surface area contributed by atoms with Gasteiger partial charge in [-0.25, -0.2) is 8.42 Å². The topological polar surface area (TPSA) is 86.8 Å². The molecule has 0 aromatic heterocycles. The minimum absolute atomic E-state index is 0.0454. The molecule has 0 fully saturated rings. The molecular weight excluding hydrogens is 474 g/mol. The molecule has 9 heteroatoms. The van der Waals surface area contributed by atoms with Gasteiger partial charge in [-0.3, -0.25) is 13.9 Å². The molecule has 0 saturated heterocycles. The Balaban J connectivity index is 2.45. The minimum atomic E-state index is -3.79. The lowest BCUT2D eigenvalue weighted by molar-refractivity contribution is -0.140. The van der Waals surface area contributed by atoms with E-state index in [1.54, 1.807) is 18.2 Å². The van der Waals surface area contributed by atoms with Gasteiger partial charge >= 0.3 is 0 Å².